The van der Waals surface area contributed by atoms with Gasteiger partial charge in [-0.1, -0.05) is 24.3 Å². The minimum absolute atomic E-state index is 0.262. The van der Waals surface area contributed by atoms with Crippen LogP contribution in [0.2, 0.25) is 0 Å². The average Bonchev–Trinajstić information content (AvgIpc) is 3.10. The number of methoxy groups -OCH3 is 1. The zero-order valence-electron chi connectivity index (χ0n) is 14.2. The van der Waals surface area contributed by atoms with Gasteiger partial charge in [-0.2, -0.15) is 0 Å². The summed E-state index contributed by atoms with van der Waals surface area (Å²) in [6.45, 7) is 0.262. The van der Waals surface area contributed by atoms with Gasteiger partial charge < -0.3 is 14.5 Å². The normalized spacial score (nSPS) is 10.8. The SMILES string of the molecule is COc1cc(-c2nc3ccccc3[nH]2)ccc1OCc1cccc(F)c1. The Morgan fingerprint density at radius 2 is 1.85 bits per heavy atom. The lowest BCUT2D eigenvalue weighted by Crippen LogP contribution is -1.98. The number of aromatic amines is 1. The number of rotatable bonds is 5. The monoisotopic (exact) mass is 348 g/mol. The fourth-order valence-corrected chi connectivity index (χ4v) is 2.81. The van der Waals surface area contributed by atoms with Crippen LogP contribution < -0.4 is 9.47 Å². The van der Waals surface area contributed by atoms with Gasteiger partial charge in [0.1, 0.15) is 18.2 Å². The summed E-state index contributed by atoms with van der Waals surface area (Å²) in [5, 5.41) is 0. The Balaban J connectivity index is 1.59. The van der Waals surface area contributed by atoms with Gasteiger partial charge in [-0.3, -0.25) is 0 Å². The second-order valence-corrected chi connectivity index (χ2v) is 5.89. The number of para-hydroxylation sites is 2. The molecule has 0 spiro atoms. The van der Waals surface area contributed by atoms with Crippen molar-refractivity contribution in [3.05, 3.63) is 78.1 Å². The minimum Gasteiger partial charge on any atom is -0.493 e. The van der Waals surface area contributed by atoms with E-state index in [1.54, 1.807) is 13.2 Å². The second-order valence-electron chi connectivity index (χ2n) is 5.89. The molecule has 0 atom stereocenters. The first-order valence-corrected chi connectivity index (χ1v) is 8.23. The lowest BCUT2D eigenvalue weighted by Gasteiger charge is -2.12. The molecule has 0 bridgehead atoms. The molecule has 0 fully saturated rings. The van der Waals surface area contributed by atoms with E-state index in [1.807, 2.05) is 48.5 Å². The largest absolute Gasteiger partial charge is 0.493 e. The van der Waals surface area contributed by atoms with Gasteiger partial charge in [0.25, 0.3) is 0 Å². The molecule has 0 aliphatic rings. The Morgan fingerprint density at radius 3 is 2.65 bits per heavy atom. The molecule has 5 heteroatoms. The zero-order chi connectivity index (χ0) is 17.9. The molecule has 4 rings (SSSR count). The van der Waals surface area contributed by atoms with Gasteiger partial charge in [0.15, 0.2) is 11.5 Å². The van der Waals surface area contributed by atoms with Crippen molar-refractivity contribution in [3.8, 4) is 22.9 Å². The number of hydrogen-bond acceptors (Lipinski definition) is 3. The van der Waals surface area contributed by atoms with Crippen LogP contribution >= 0.6 is 0 Å². The summed E-state index contributed by atoms with van der Waals surface area (Å²) >= 11 is 0. The summed E-state index contributed by atoms with van der Waals surface area (Å²) in [4.78, 5) is 7.90. The van der Waals surface area contributed by atoms with Crippen LogP contribution in [0, 0.1) is 5.82 Å². The number of benzene rings is 3. The van der Waals surface area contributed by atoms with Crippen LogP contribution in [0.25, 0.3) is 22.4 Å². The van der Waals surface area contributed by atoms with Crippen LogP contribution in [0.4, 0.5) is 4.39 Å². The van der Waals surface area contributed by atoms with E-state index >= 15 is 0 Å². The van der Waals surface area contributed by atoms with Gasteiger partial charge in [0.2, 0.25) is 0 Å². The maximum atomic E-state index is 13.3. The van der Waals surface area contributed by atoms with Gasteiger partial charge in [-0.15, -0.1) is 0 Å². The topological polar surface area (TPSA) is 47.1 Å². The molecule has 0 unspecified atom stereocenters. The van der Waals surface area contributed by atoms with Crippen LogP contribution in [0.5, 0.6) is 11.5 Å². The van der Waals surface area contributed by atoms with Crippen LogP contribution in [-0.2, 0) is 6.61 Å². The number of nitrogens with zero attached hydrogens (tertiary/aromatic N) is 1. The maximum absolute atomic E-state index is 13.3. The molecule has 26 heavy (non-hydrogen) atoms. The third kappa shape index (κ3) is 3.24. The van der Waals surface area contributed by atoms with Crippen molar-refractivity contribution < 1.29 is 13.9 Å². The van der Waals surface area contributed by atoms with Gasteiger partial charge in [-0.25, -0.2) is 9.37 Å². The average molecular weight is 348 g/mol. The third-order valence-electron chi connectivity index (χ3n) is 4.11. The van der Waals surface area contributed by atoms with E-state index in [0.717, 1.165) is 28.0 Å². The minimum atomic E-state index is -0.279. The fraction of sp³-hybridized carbons (Fsp3) is 0.0952. The van der Waals surface area contributed by atoms with Crippen LogP contribution in [0.15, 0.2) is 66.7 Å². The summed E-state index contributed by atoms with van der Waals surface area (Å²) in [7, 11) is 1.59. The molecule has 4 aromatic rings. The van der Waals surface area contributed by atoms with E-state index in [4.69, 9.17) is 9.47 Å². The number of imidazole rings is 1. The van der Waals surface area contributed by atoms with Crippen molar-refractivity contribution in [1.82, 2.24) is 9.97 Å². The summed E-state index contributed by atoms with van der Waals surface area (Å²) in [5.41, 5.74) is 3.55. The molecular weight excluding hydrogens is 331 g/mol. The molecule has 0 saturated carbocycles. The van der Waals surface area contributed by atoms with Crippen LogP contribution in [0.1, 0.15) is 5.56 Å². The van der Waals surface area contributed by atoms with Gasteiger partial charge in [0.05, 0.1) is 18.1 Å². The number of halogens is 1. The standard InChI is InChI=1S/C21H17FN2O2/c1-25-20-12-15(21-23-17-7-2-3-8-18(17)24-21)9-10-19(20)26-13-14-5-4-6-16(22)11-14/h2-12H,13H2,1H3,(H,23,24). The quantitative estimate of drug-likeness (QED) is 0.555. The van der Waals surface area contributed by atoms with Gasteiger partial charge >= 0.3 is 0 Å². The molecule has 0 saturated heterocycles. The molecule has 0 aliphatic carbocycles. The highest BCUT2D eigenvalue weighted by Gasteiger charge is 2.10. The van der Waals surface area contributed by atoms with Crippen molar-refractivity contribution >= 4 is 11.0 Å². The predicted octanol–water partition coefficient (Wildman–Crippen LogP) is 4.96. The third-order valence-corrected chi connectivity index (χ3v) is 4.11. The van der Waals surface area contributed by atoms with Crippen molar-refractivity contribution in [2.45, 2.75) is 6.61 Å². The lowest BCUT2D eigenvalue weighted by atomic mass is 10.2. The highest BCUT2D eigenvalue weighted by molar-refractivity contribution is 5.79. The first-order chi connectivity index (χ1) is 12.7. The summed E-state index contributed by atoms with van der Waals surface area (Å²) in [6.07, 6.45) is 0. The molecule has 0 radical (unpaired) electrons. The van der Waals surface area contributed by atoms with Crippen LogP contribution in [0.3, 0.4) is 0 Å². The molecule has 4 nitrogen and oxygen atoms in total. The van der Waals surface area contributed by atoms with Gasteiger partial charge in [-0.05, 0) is 48.0 Å². The molecule has 130 valence electrons. The summed E-state index contributed by atoms with van der Waals surface area (Å²) in [6, 6.07) is 19.8. The lowest BCUT2D eigenvalue weighted by molar-refractivity contribution is 0.284. The van der Waals surface area contributed by atoms with E-state index in [0.29, 0.717) is 11.5 Å². The number of hydrogen-bond donors (Lipinski definition) is 1. The fourth-order valence-electron chi connectivity index (χ4n) is 2.81. The first kappa shape index (κ1) is 16.1. The van der Waals surface area contributed by atoms with Crippen molar-refractivity contribution in [2.24, 2.45) is 0 Å². The highest BCUT2D eigenvalue weighted by Crippen LogP contribution is 2.32. The number of fused-ring (bicyclic) bond motifs is 1. The number of H-pyrrole nitrogens is 1. The van der Waals surface area contributed by atoms with Gasteiger partial charge in [0, 0.05) is 5.56 Å². The summed E-state index contributed by atoms with van der Waals surface area (Å²) in [5.74, 6) is 1.68. The molecule has 0 aliphatic heterocycles. The second kappa shape index (κ2) is 6.88. The molecule has 0 amide bonds. The van der Waals surface area contributed by atoms with E-state index in [9.17, 15) is 4.39 Å². The van der Waals surface area contributed by atoms with Crippen molar-refractivity contribution in [3.63, 3.8) is 0 Å². The van der Waals surface area contributed by atoms with Crippen molar-refractivity contribution in [1.29, 1.82) is 0 Å². The Bertz CT molecular complexity index is 1030. The molecule has 1 N–H and O–H groups in total. The first-order valence-electron chi connectivity index (χ1n) is 8.23. The molecule has 3 aromatic carbocycles. The smallest absolute Gasteiger partial charge is 0.161 e. The summed E-state index contributed by atoms with van der Waals surface area (Å²) < 4.78 is 24.5. The van der Waals surface area contributed by atoms with Crippen molar-refractivity contribution in [2.75, 3.05) is 7.11 Å². The van der Waals surface area contributed by atoms with E-state index in [-0.39, 0.29) is 12.4 Å². The highest BCUT2D eigenvalue weighted by atomic mass is 19.1. The predicted molar refractivity (Wildman–Crippen MR) is 98.8 cm³/mol. The number of nitrogens with one attached hydrogen (secondary N) is 1. The Morgan fingerprint density at radius 1 is 0.962 bits per heavy atom. The van der Waals surface area contributed by atoms with E-state index < -0.39 is 0 Å². The van der Waals surface area contributed by atoms with E-state index in [2.05, 4.69) is 9.97 Å². The Labute approximate surface area is 150 Å². The molecule has 1 aromatic heterocycles. The Hall–Kier alpha value is -3.34. The van der Waals surface area contributed by atoms with E-state index in [1.165, 1.54) is 12.1 Å². The van der Waals surface area contributed by atoms with Crippen LogP contribution in [-0.4, -0.2) is 17.1 Å². The molecular formula is C21H17FN2O2. The zero-order valence-corrected chi connectivity index (χ0v) is 14.2. The maximum Gasteiger partial charge on any atom is 0.161 e. The number of ether oxygens (including phenoxy) is 2. The molecule has 1 heterocycles. The number of aromatic nitrogens is 2. The Kier molecular flexibility index (Phi) is 4.27.